The molecule has 1 amide bonds. The highest BCUT2D eigenvalue weighted by Crippen LogP contribution is 2.24. The first-order chi connectivity index (χ1) is 12.8. The molecule has 2 aromatic rings. The van der Waals surface area contributed by atoms with Crippen molar-refractivity contribution in [1.82, 2.24) is 9.21 Å². The summed E-state index contributed by atoms with van der Waals surface area (Å²) in [7, 11) is -3.75. The lowest BCUT2D eigenvalue weighted by molar-refractivity contribution is 0.0764. The van der Waals surface area contributed by atoms with E-state index in [1.165, 1.54) is 22.5 Å². The maximum absolute atomic E-state index is 13.1. The number of nitrogens with zero attached hydrogens (tertiary/aromatic N) is 2. The van der Waals surface area contributed by atoms with E-state index in [9.17, 15) is 17.6 Å². The Morgan fingerprint density at radius 1 is 0.963 bits per heavy atom. The van der Waals surface area contributed by atoms with Crippen molar-refractivity contribution >= 4 is 39.1 Å². The largest absolute Gasteiger partial charge is 0.337 e. The molecule has 1 saturated heterocycles. The number of halogens is 3. The van der Waals surface area contributed by atoms with E-state index >= 15 is 0 Å². The number of rotatable bonds is 3. The number of amides is 1. The van der Waals surface area contributed by atoms with Gasteiger partial charge in [0.05, 0.1) is 15.5 Å². The molecule has 0 aromatic heterocycles. The van der Waals surface area contributed by atoms with E-state index < -0.39 is 15.8 Å². The van der Waals surface area contributed by atoms with E-state index in [1.807, 2.05) is 0 Å². The summed E-state index contributed by atoms with van der Waals surface area (Å²) in [6.45, 7) is 1.04. The molecule has 0 atom stereocenters. The Bertz CT molecular complexity index is 952. The van der Waals surface area contributed by atoms with Crippen LogP contribution in [0.25, 0.3) is 0 Å². The second kappa shape index (κ2) is 8.14. The fraction of sp³-hybridized carbons (Fsp3) is 0.278. The zero-order valence-corrected chi connectivity index (χ0v) is 16.6. The number of hydrogen-bond donors (Lipinski definition) is 0. The first-order valence-electron chi connectivity index (χ1n) is 8.29. The lowest BCUT2D eigenvalue weighted by Gasteiger charge is -2.22. The van der Waals surface area contributed by atoms with Crippen LogP contribution in [0.15, 0.2) is 47.4 Å². The van der Waals surface area contributed by atoms with Gasteiger partial charge in [-0.3, -0.25) is 4.79 Å². The summed E-state index contributed by atoms with van der Waals surface area (Å²) in [6.07, 6.45) is 0.477. The zero-order chi connectivity index (χ0) is 19.6. The highest BCUT2D eigenvalue weighted by molar-refractivity contribution is 7.89. The molecule has 1 fully saturated rings. The van der Waals surface area contributed by atoms with Crippen LogP contribution in [0.5, 0.6) is 0 Å². The van der Waals surface area contributed by atoms with Gasteiger partial charge in [0.2, 0.25) is 10.0 Å². The fourth-order valence-corrected chi connectivity index (χ4v) is 4.76. The maximum Gasteiger partial charge on any atom is 0.255 e. The summed E-state index contributed by atoms with van der Waals surface area (Å²) >= 11 is 12.1. The summed E-state index contributed by atoms with van der Waals surface area (Å²) in [5, 5.41) is 0.697. The number of hydrogen-bond acceptors (Lipinski definition) is 3. The molecular weight excluding hydrogens is 414 g/mol. The normalized spacial score (nSPS) is 16.2. The minimum atomic E-state index is -3.75. The van der Waals surface area contributed by atoms with Gasteiger partial charge in [0.15, 0.2) is 0 Å². The molecule has 3 rings (SSSR count). The lowest BCUT2D eigenvalue weighted by Crippen LogP contribution is -2.37. The molecule has 0 spiro atoms. The molecular formula is C18H17Cl2FN2O3S. The minimum Gasteiger partial charge on any atom is -0.337 e. The van der Waals surface area contributed by atoms with Crippen LogP contribution in [0.1, 0.15) is 16.8 Å². The average molecular weight is 431 g/mol. The van der Waals surface area contributed by atoms with Gasteiger partial charge in [-0.25, -0.2) is 12.8 Å². The van der Waals surface area contributed by atoms with Gasteiger partial charge in [0.25, 0.3) is 5.91 Å². The Labute approximate surface area is 167 Å². The van der Waals surface area contributed by atoms with E-state index in [4.69, 9.17) is 23.2 Å². The van der Waals surface area contributed by atoms with Gasteiger partial charge in [0.1, 0.15) is 5.82 Å². The van der Waals surface area contributed by atoms with Crippen LogP contribution in [0.3, 0.4) is 0 Å². The van der Waals surface area contributed by atoms with Crippen LogP contribution in [-0.2, 0) is 10.0 Å². The van der Waals surface area contributed by atoms with Crippen LogP contribution in [-0.4, -0.2) is 49.7 Å². The predicted molar refractivity (Wildman–Crippen MR) is 102 cm³/mol. The maximum atomic E-state index is 13.1. The molecule has 27 heavy (non-hydrogen) atoms. The minimum absolute atomic E-state index is 0.0292. The van der Waals surface area contributed by atoms with Gasteiger partial charge < -0.3 is 4.90 Å². The van der Waals surface area contributed by atoms with Crippen molar-refractivity contribution in [3.8, 4) is 0 Å². The summed E-state index contributed by atoms with van der Waals surface area (Å²) < 4.78 is 39.9. The second-order valence-corrected chi connectivity index (χ2v) is 8.91. The van der Waals surface area contributed by atoms with Crippen molar-refractivity contribution < 1.29 is 17.6 Å². The van der Waals surface area contributed by atoms with Crippen molar-refractivity contribution in [2.24, 2.45) is 0 Å². The molecule has 5 nitrogen and oxygen atoms in total. The summed E-state index contributed by atoms with van der Waals surface area (Å²) in [6, 6.07) is 9.36. The number of sulfonamides is 1. The van der Waals surface area contributed by atoms with Gasteiger partial charge >= 0.3 is 0 Å². The van der Waals surface area contributed by atoms with E-state index in [0.29, 0.717) is 28.6 Å². The van der Waals surface area contributed by atoms with Gasteiger partial charge in [-0.05, 0) is 48.9 Å². The van der Waals surface area contributed by atoms with E-state index in [0.717, 1.165) is 12.1 Å². The topological polar surface area (TPSA) is 57.7 Å². The van der Waals surface area contributed by atoms with E-state index in [2.05, 4.69) is 0 Å². The first kappa shape index (κ1) is 20.1. The lowest BCUT2D eigenvalue weighted by atomic mass is 10.2. The third kappa shape index (κ3) is 4.43. The molecule has 0 unspecified atom stereocenters. The van der Waals surface area contributed by atoms with Crippen LogP contribution in [0, 0.1) is 5.82 Å². The van der Waals surface area contributed by atoms with Crippen molar-refractivity contribution in [2.45, 2.75) is 11.3 Å². The molecule has 0 bridgehead atoms. The van der Waals surface area contributed by atoms with Gasteiger partial charge in [-0.2, -0.15) is 4.31 Å². The molecule has 0 aliphatic carbocycles. The van der Waals surface area contributed by atoms with Crippen molar-refractivity contribution in [3.63, 3.8) is 0 Å². The standard InChI is InChI=1S/C18H17Cl2FN2O3S/c19-13-2-7-17(20)16(12-13)18(24)22-8-1-9-23(11-10-22)27(25,26)15-5-3-14(21)4-6-15/h2-7,12H,1,8-11H2. The number of benzene rings is 2. The Balaban J connectivity index is 1.76. The SMILES string of the molecule is O=C(c1cc(Cl)ccc1Cl)N1CCCN(S(=O)(=O)c2ccc(F)cc2)CC1. The summed E-state index contributed by atoms with van der Waals surface area (Å²) in [4.78, 5) is 14.4. The highest BCUT2D eigenvalue weighted by atomic mass is 35.5. The Morgan fingerprint density at radius 2 is 1.67 bits per heavy atom. The first-order valence-corrected chi connectivity index (χ1v) is 10.5. The second-order valence-electron chi connectivity index (χ2n) is 6.13. The number of carbonyl (C=O) groups excluding carboxylic acids is 1. The molecule has 1 aliphatic heterocycles. The summed E-state index contributed by atoms with van der Waals surface area (Å²) in [5.74, 6) is -0.788. The van der Waals surface area contributed by atoms with Crippen molar-refractivity contribution in [1.29, 1.82) is 0 Å². The monoisotopic (exact) mass is 430 g/mol. The van der Waals surface area contributed by atoms with Gasteiger partial charge in [-0.1, -0.05) is 23.2 Å². The van der Waals surface area contributed by atoms with Gasteiger partial charge in [-0.15, -0.1) is 0 Å². The molecule has 1 aliphatic rings. The quantitative estimate of drug-likeness (QED) is 0.746. The van der Waals surface area contributed by atoms with Crippen molar-refractivity contribution in [3.05, 3.63) is 63.9 Å². The Hall–Kier alpha value is -1.67. The van der Waals surface area contributed by atoms with Crippen LogP contribution >= 0.6 is 23.2 Å². The Morgan fingerprint density at radius 3 is 2.37 bits per heavy atom. The third-order valence-corrected chi connectivity index (χ3v) is 6.83. The molecule has 144 valence electrons. The summed E-state index contributed by atoms with van der Waals surface area (Å²) in [5.41, 5.74) is 0.291. The van der Waals surface area contributed by atoms with Crippen LogP contribution in [0.4, 0.5) is 4.39 Å². The Kier molecular flexibility index (Phi) is 6.05. The number of carbonyl (C=O) groups is 1. The third-order valence-electron chi connectivity index (χ3n) is 4.35. The smallest absolute Gasteiger partial charge is 0.255 e. The van der Waals surface area contributed by atoms with Crippen LogP contribution in [0.2, 0.25) is 10.0 Å². The fourth-order valence-electron chi connectivity index (χ4n) is 2.92. The average Bonchev–Trinajstić information content (AvgIpc) is 2.90. The molecule has 0 radical (unpaired) electrons. The zero-order valence-electron chi connectivity index (χ0n) is 14.2. The molecule has 0 N–H and O–H groups in total. The molecule has 2 aromatic carbocycles. The predicted octanol–water partition coefficient (Wildman–Crippen LogP) is 3.67. The van der Waals surface area contributed by atoms with Crippen LogP contribution < -0.4 is 0 Å². The van der Waals surface area contributed by atoms with Crippen molar-refractivity contribution in [2.75, 3.05) is 26.2 Å². The molecule has 9 heteroatoms. The van der Waals surface area contributed by atoms with E-state index in [1.54, 1.807) is 17.0 Å². The van der Waals surface area contributed by atoms with E-state index in [-0.39, 0.29) is 30.4 Å². The molecule has 1 heterocycles. The highest BCUT2D eigenvalue weighted by Gasteiger charge is 2.29. The van der Waals surface area contributed by atoms with Gasteiger partial charge in [0, 0.05) is 31.2 Å². The molecule has 0 saturated carbocycles.